The number of carbonyl (C=O) groups is 1. The zero-order chi connectivity index (χ0) is 20.1. The Morgan fingerprint density at radius 3 is 2.54 bits per heavy atom. The molecule has 7 heteroatoms. The maximum atomic E-state index is 12.8. The van der Waals surface area contributed by atoms with Crippen molar-refractivity contribution in [2.45, 2.75) is 62.9 Å². The molecule has 3 rings (SSSR count). The number of fused-ring (bicyclic) bond motifs is 1. The lowest BCUT2D eigenvalue weighted by Gasteiger charge is -2.44. The van der Waals surface area contributed by atoms with Crippen LogP contribution in [0.15, 0.2) is 35.2 Å². The van der Waals surface area contributed by atoms with Crippen molar-refractivity contribution in [3.05, 3.63) is 30.3 Å². The summed E-state index contributed by atoms with van der Waals surface area (Å²) in [4.78, 5) is 15.6. The standard InChI is InChI=1S/C21H33N3O3S/c1-16(2)20(23-28(26,27)18-10-4-3-5-11-18)21(25)22-15-17-9-8-14-24-13-7-6-12-19(17)24/h3-5,10-11,16-17,19-20,23H,6-9,12-15H2,1-2H3,(H,22,25)/t17-,19+,20+/m1/s1. The first-order valence-electron chi connectivity index (χ1n) is 10.5. The first kappa shape index (κ1) is 21.3. The van der Waals surface area contributed by atoms with Crippen molar-refractivity contribution >= 4 is 15.9 Å². The molecule has 6 nitrogen and oxygen atoms in total. The highest BCUT2D eigenvalue weighted by Crippen LogP contribution is 2.30. The molecule has 1 amide bonds. The average molecular weight is 408 g/mol. The van der Waals surface area contributed by atoms with Gasteiger partial charge in [0.2, 0.25) is 15.9 Å². The van der Waals surface area contributed by atoms with E-state index >= 15 is 0 Å². The van der Waals surface area contributed by atoms with Crippen LogP contribution in [-0.4, -0.2) is 50.9 Å². The second kappa shape index (κ2) is 9.37. The molecule has 28 heavy (non-hydrogen) atoms. The number of benzene rings is 1. The first-order chi connectivity index (χ1) is 13.4. The molecule has 0 spiro atoms. The molecule has 0 radical (unpaired) electrons. The maximum absolute atomic E-state index is 12.8. The molecule has 0 aromatic heterocycles. The monoisotopic (exact) mass is 407 g/mol. The number of rotatable bonds is 7. The normalized spacial score (nSPS) is 24.5. The largest absolute Gasteiger partial charge is 0.354 e. The molecular weight excluding hydrogens is 374 g/mol. The summed E-state index contributed by atoms with van der Waals surface area (Å²) in [6, 6.07) is 7.98. The summed E-state index contributed by atoms with van der Waals surface area (Å²) < 4.78 is 27.9. The van der Waals surface area contributed by atoms with Crippen LogP contribution in [0.1, 0.15) is 46.0 Å². The molecule has 2 N–H and O–H groups in total. The second-order valence-electron chi connectivity index (χ2n) is 8.40. The molecule has 156 valence electrons. The van der Waals surface area contributed by atoms with Crippen LogP contribution in [0.25, 0.3) is 0 Å². The highest BCUT2D eigenvalue weighted by atomic mass is 32.2. The van der Waals surface area contributed by atoms with Crippen LogP contribution in [0.2, 0.25) is 0 Å². The van der Waals surface area contributed by atoms with E-state index in [2.05, 4.69) is 14.9 Å². The SMILES string of the molecule is CC(C)[C@H](NS(=O)(=O)c1ccccc1)C(=O)NC[C@H]1CCCN2CCCC[C@@H]12. The van der Waals surface area contributed by atoms with Gasteiger partial charge < -0.3 is 10.2 Å². The fourth-order valence-electron chi connectivity index (χ4n) is 4.48. The predicted octanol–water partition coefficient (Wildman–Crippen LogP) is 2.37. The van der Waals surface area contributed by atoms with Gasteiger partial charge in [-0.1, -0.05) is 38.5 Å². The third-order valence-corrected chi connectivity index (χ3v) is 7.51. The number of nitrogens with one attached hydrogen (secondary N) is 2. The summed E-state index contributed by atoms with van der Waals surface area (Å²) in [5, 5.41) is 3.05. The van der Waals surface area contributed by atoms with E-state index in [0.717, 1.165) is 6.42 Å². The number of piperidine rings is 2. The van der Waals surface area contributed by atoms with Crippen LogP contribution < -0.4 is 10.0 Å². The van der Waals surface area contributed by atoms with Crippen molar-refractivity contribution in [2.24, 2.45) is 11.8 Å². The van der Waals surface area contributed by atoms with Gasteiger partial charge in [-0.2, -0.15) is 4.72 Å². The number of hydrogen-bond donors (Lipinski definition) is 2. The van der Waals surface area contributed by atoms with Crippen molar-refractivity contribution < 1.29 is 13.2 Å². The van der Waals surface area contributed by atoms with Crippen molar-refractivity contribution in [1.29, 1.82) is 0 Å². The third kappa shape index (κ3) is 5.13. The minimum absolute atomic E-state index is 0.143. The number of sulfonamides is 1. The Morgan fingerprint density at radius 1 is 1.11 bits per heavy atom. The van der Waals surface area contributed by atoms with Gasteiger partial charge in [0.05, 0.1) is 4.90 Å². The van der Waals surface area contributed by atoms with Gasteiger partial charge in [-0.3, -0.25) is 4.79 Å². The molecular formula is C21H33N3O3S. The van der Waals surface area contributed by atoms with Crippen LogP contribution in [0.4, 0.5) is 0 Å². The second-order valence-corrected chi connectivity index (χ2v) is 10.1. The Morgan fingerprint density at radius 2 is 1.82 bits per heavy atom. The summed E-state index contributed by atoms with van der Waals surface area (Å²) in [6.45, 7) is 6.68. The van der Waals surface area contributed by atoms with Crippen molar-refractivity contribution in [3.63, 3.8) is 0 Å². The minimum Gasteiger partial charge on any atom is -0.354 e. The molecule has 2 saturated heterocycles. The zero-order valence-electron chi connectivity index (χ0n) is 16.9. The van der Waals surface area contributed by atoms with Crippen LogP contribution in [-0.2, 0) is 14.8 Å². The fourth-order valence-corrected chi connectivity index (χ4v) is 5.85. The number of hydrogen-bond acceptors (Lipinski definition) is 4. The van der Waals surface area contributed by atoms with E-state index in [0.29, 0.717) is 18.5 Å². The van der Waals surface area contributed by atoms with Crippen molar-refractivity contribution in [2.75, 3.05) is 19.6 Å². The van der Waals surface area contributed by atoms with Crippen molar-refractivity contribution in [1.82, 2.24) is 14.9 Å². The van der Waals surface area contributed by atoms with Gasteiger partial charge in [-0.05, 0) is 62.7 Å². The molecule has 0 saturated carbocycles. The Labute approximate surface area is 169 Å². The van der Waals surface area contributed by atoms with Crippen LogP contribution in [0, 0.1) is 11.8 Å². The first-order valence-corrected chi connectivity index (χ1v) is 12.0. The molecule has 2 aliphatic rings. The fraction of sp³-hybridized carbons (Fsp3) is 0.667. The molecule has 0 unspecified atom stereocenters. The van der Waals surface area contributed by atoms with E-state index in [1.54, 1.807) is 18.2 Å². The Bertz CT molecular complexity index is 749. The van der Waals surface area contributed by atoms with Crippen LogP contribution >= 0.6 is 0 Å². The molecule has 2 aliphatic heterocycles. The molecule has 1 aromatic rings. The van der Waals surface area contributed by atoms with E-state index in [4.69, 9.17) is 0 Å². The lowest BCUT2D eigenvalue weighted by Crippen LogP contribution is -2.54. The number of nitrogens with zero attached hydrogens (tertiary/aromatic N) is 1. The molecule has 2 heterocycles. The topological polar surface area (TPSA) is 78.5 Å². The third-order valence-electron chi connectivity index (χ3n) is 6.05. The minimum atomic E-state index is -3.73. The zero-order valence-corrected chi connectivity index (χ0v) is 17.7. The van der Waals surface area contributed by atoms with Crippen molar-refractivity contribution in [3.8, 4) is 0 Å². The van der Waals surface area contributed by atoms with Gasteiger partial charge in [0.1, 0.15) is 6.04 Å². The van der Waals surface area contributed by atoms with Gasteiger partial charge in [0.25, 0.3) is 0 Å². The lowest BCUT2D eigenvalue weighted by atomic mass is 9.83. The lowest BCUT2D eigenvalue weighted by molar-refractivity contribution is -0.124. The van der Waals surface area contributed by atoms with E-state index < -0.39 is 16.1 Å². The van der Waals surface area contributed by atoms with Crippen LogP contribution in [0.3, 0.4) is 0 Å². The maximum Gasteiger partial charge on any atom is 0.241 e. The van der Waals surface area contributed by atoms with E-state index in [1.165, 1.54) is 50.9 Å². The van der Waals surface area contributed by atoms with Gasteiger partial charge in [-0.25, -0.2) is 8.42 Å². The average Bonchev–Trinajstić information content (AvgIpc) is 2.70. The van der Waals surface area contributed by atoms with Gasteiger partial charge in [0.15, 0.2) is 0 Å². The quantitative estimate of drug-likeness (QED) is 0.727. The molecule has 1 aromatic carbocycles. The summed E-state index contributed by atoms with van der Waals surface area (Å²) in [6.07, 6.45) is 6.03. The molecule has 0 aliphatic carbocycles. The highest BCUT2D eigenvalue weighted by molar-refractivity contribution is 7.89. The predicted molar refractivity (Wildman–Crippen MR) is 110 cm³/mol. The number of amides is 1. The van der Waals surface area contributed by atoms with Gasteiger partial charge >= 0.3 is 0 Å². The van der Waals surface area contributed by atoms with Gasteiger partial charge in [0, 0.05) is 12.6 Å². The molecule has 3 atom stereocenters. The Hall–Kier alpha value is -1.44. The Kier molecular flexibility index (Phi) is 7.12. The summed E-state index contributed by atoms with van der Waals surface area (Å²) >= 11 is 0. The van der Waals surface area contributed by atoms with Gasteiger partial charge in [-0.15, -0.1) is 0 Å². The smallest absolute Gasteiger partial charge is 0.241 e. The van der Waals surface area contributed by atoms with E-state index in [1.807, 2.05) is 13.8 Å². The summed E-state index contributed by atoms with van der Waals surface area (Å²) in [5.41, 5.74) is 0. The molecule has 0 bridgehead atoms. The Balaban J connectivity index is 1.62. The number of carbonyl (C=O) groups excluding carboxylic acids is 1. The summed E-state index contributed by atoms with van der Waals surface area (Å²) in [5.74, 6) is 0.0787. The van der Waals surface area contributed by atoms with E-state index in [9.17, 15) is 13.2 Å². The van der Waals surface area contributed by atoms with E-state index in [-0.39, 0.29) is 16.7 Å². The highest BCUT2D eigenvalue weighted by Gasteiger charge is 2.34. The molecule has 2 fully saturated rings. The van der Waals surface area contributed by atoms with Crippen LogP contribution in [0.5, 0.6) is 0 Å². The summed E-state index contributed by atoms with van der Waals surface area (Å²) in [7, 11) is -3.73.